The highest BCUT2D eigenvalue weighted by Crippen LogP contribution is 2.27. The monoisotopic (exact) mass is 282 g/mol. The summed E-state index contributed by atoms with van der Waals surface area (Å²) in [6.07, 6.45) is 2.95. The fourth-order valence-corrected chi connectivity index (χ4v) is 2.87. The minimum atomic E-state index is -1.20. The number of carbonyl (C=O) groups excluding carboxylic acids is 3. The van der Waals surface area contributed by atoms with E-state index in [9.17, 15) is 14.4 Å². The third-order valence-electron chi connectivity index (χ3n) is 3.22. The molecule has 1 aromatic heterocycles. The van der Waals surface area contributed by atoms with E-state index in [1.807, 2.05) is 17.5 Å². The van der Waals surface area contributed by atoms with Crippen LogP contribution in [0.1, 0.15) is 25.6 Å². The Morgan fingerprint density at radius 3 is 2.20 bits per heavy atom. The molecule has 1 aliphatic carbocycles. The van der Waals surface area contributed by atoms with Crippen molar-refractivity contribution >= 4 is 34.8 Å². The van der Waals surface area contributed by atoms with E-state index in [1.54, 1.807) is 30.3 Å². The average Bonchev–Trinajstić information content (AvgIpc) is 3.05. The summed E-state index contributed by atoms with van der Waals surface area (Å²) < 4.78 is 0. The summed E-state index contributed by atoms with van der Waals surface area (Å²) in [4.78, 5) is 37.3. The van der Waals surface area contributed by atoms with Gasteiger partial charge in [0.1, 0.15) is 5.92 Å². The smallest absolute Gasteiger partial charge is 0.182 e. The molecule has 0 radical (unpaired) electrons. The predicted molar refractivity (Wildman–Crippen MR) is 77.0 cm³/mol. The van der Waals surface area contributed by atoms with Gasteiger partial charge in [-0.3, -0.25) is 14.4 Å². The standard InChI is InChI=1S/C16H10O3S/c17-13(8-7-10-4-3-9-20-10)14-15(18)11-5-1-2-6-12(11)16(14)19/h1-9,14H. The maximum Gasteiger partial charge on any atom is 0.182 e. The first-order chi connectivity index (χ1) is 9.68. The molecule has 3 nitrogen and oxygen atoms in total. The van der Waals surface area contributed by atoms with Gasteiger partial charge < -0.3 is 0 Å². The van der Waals surface area contributed by atoms with Gasteiger partial charge in [0, 0.05) is 16.0 Å². The molecule has 0 N–H and O–H groups in total. The van der Waals surface area contributed by atoms with Crippen LogP contribution in [0.5, 0.6) is 0 Å². The largest absolute Gasteiger partial charge is 0.294 e. The van der Waals surface area contributed by atoms with Crippen molar-refractivity contribution in [2.45, 2.75) is 0 Å². The van der Waals surface area contributed by atoms with E-state index in [4.69, 9.17) is 0 Å². The zero-order valence-electron chi connectivity index (χ0n) is 10.4. The van der Waals surface area contributed by atoms with Crippen molar-refractivity contribution in [3.05, 3.63) is 63.9 Å². The summed E-state index contributed by atoms with van der Waals surface area (Å²) in [5.74, 6) is -2.45. The lowest BCUT2D eigenvalue weighted by Gasteiger charge is -2.00. The molecule has 0 atom stereocenters. The van der Waals surface area contributed by atoms with E-state index >= 15 is 0 Å². The van der Waals surface area contributed by atoms with E-state index in [0.29, 0.717) is 11.1 Å². The zero-order valence-corrected chi connectivity index (χ0v) is 11.2. The van der Waals surface area contributed by atoms with Gasteiger partial charge in [0.25, 0.3) is 0 Å². The summed E-state index contributed by atoms with van der Waals surface area (Å²) in [5.41, 5.74) is 0.695. The predicted octanol–water partition coefficient (Wildman–Crippen LogP) is 3.03. The highest BCUT2D eigenvalue weighted by Gasteiger charge is 2.41. The Bertz CT molecular complexity index is 691. The molecule has 3 rings (SSSR count). The van der Waals surface area contributed by atoms with Crippen LogP contribution in [0.15, 0.2) is 47.9 Å². The van der Waals surface area contributed by atoms with Crippen LogP contribution in [0.3, 0.4) is 0 Å². The fourth-order valence-electron chi connectivity index (χ4n) is 2.25. The van der Waals surface area contributed by atoms with Gasteiger partial charge in [-0.1, -0.05) is 30.3 Å². The second kappa shape index (κ2) is 4.98. The van der Waals surface area contributed by atoms with E-state index < -0.39 is 23.3 Å². The molecule has 0 fully saturated rings. The Hall–Kier alpha value is -2.33. The Morgan fingerprint density at radius 2 is 1.65 bits per heavy atom. The Labute approximate surface area is 119 Å². The van der Waals surface area contributed by atoms with Gasteiger partial charge in [-0.05, 0) is 23.6 Å². The molecule has 0 unspecified atom stereocenters. The van der Waals surface area contributed by atoms with Gasteiger partial charge in [-0.15, -0.1) is 11.3 Å². The summed E-state index contributed by atoms with van der Waals surface area (Å²) in [6, 6.07) is 10.3. The van der Waals surface area contributed by atoms with Gasteiger partial charge in [0.05, 0.1) is 0 Å². The molecule has 0 saturated carbocycles. The number of rotatable bonds is 3. The lowest BCUT2D eigenvalue weighted by molar-refractivity contribution is -0.115. The van der Waals surface area contributed by atoms with Crippen LogP contribution in [-0.2, 0) is 4.79 Å². The van der Waals surface area contributed by atoms with Gasteiger partial charge in [0.15, 0.2) is 17.3 Å². The molecule has 0 saturated heterocycles. The van der Waals surface area contributed by atoms with Crippen LogP contribution in [0, 0.1) is 5.92 Å². The van der Waals surface area contributed by atoms with Crippen molar-refractivity contribution < 1.29 is 14.4 Å². The van der Waals surface area contributed by atoms with Crippen LogP contribution in [0.2, 0.25) is 0 Å². The van der Waals surface area contributed by atoms with Crippen molar-refractivity contribution in [1.29, 1.82) is 0 Å². The Morgan fingerprint density at radius 1 is 1.00 bits per heavy atom. The Balaban J connectivity index is 1.87. The van der Waals surface area contributed by atoms with Crippen molar-refractivity contribution in [2.24, 2.45) is 5.92 Å². The maximum atomic E-state index is 12.1. The van der Waals surface area contributed by atoms with Gasteiger partial charge in [0.2, 0.25) is 0 Å². The SMILES string of the molecule is O=C(C=Cc1cccs1)C1C(=O)c2ccccc2C1=O. The molecule has 0 aliphatic heterocycles. The number of ketones is 3. The van der Waals surface area contributed by atoms with Gasteiger partial charge >= 0.3 is 0 Å². The average molecular weight is 282 g/mol. The lowest BCUT2D eigenvalue weighted by atomic mass is 9.98. The normalized spacial score (nSPS) is 15.0. The minimum Gasteiger partial charge on any atom is -0.294 e. The molecule has 20 heavy (non-hydrogen) atoms. The van der Waals surface area contributed by atoms with E-state index in [1.165, 1.54) is 17.4 Å². The molecule has 1 aromatic carbocycles. The molecule has 0 amide bonds. The molecule has 0 spiro atoms. The van der Waals surface area contributed by atoms with E-state index in [-0.39, 0.29) is 0 Å². The maximum absolute atomic E-state index is 12.1. The molecule has 0 bridgehead atoms. The third kappa shape index (κ3) is 2.04. The van der Waals surface area contributed by atoms with E-state index in [2.05, 4.69) is 0 Å². The first kappa shape index (κ1) is 12.7. The number of Topliss-reactive ketones (excluding diaryl/α,β-unsaturated/α-hetero) is 2. The summed E-state index contributed by atoms with van der Waals surface area (Å²) in [5, 5.41) is 1.89. The number of hydrogen-bond donors (Lipinski definition) is 0. The quantitative estimate of drug-likeness (QED) is 0.642. The highest BCUT2D eigenvalue weighted by atomic mass is 32.1. The molecular formula is C16H10O3S. The van der Waals surface area contributed by atoms with Crippen molar-refractivity contribution in [3.8, 4) is 0 Å². The highest BCUT2D eigenvalue weighted by molar-refractivity contribution is 7.10. The molecule has 98 valence electrons. The fraction of sp³-hybridized carbons (Fsp3) is 0.0625. The van der Waals surface area contributed by atoms with Crippen LogP contribution in [0.25, 0.3) is 6.08 Å². The second-order valence-electron chi connectivity index (χ2n) is 4.46. The van der Waals surface area contributed by atoms with Crippen LogP contribution >= 0.6 is 11.3 Å². The van der Waals surface area contributed by atoms with E-state index in [0.717, 1.165) is 4.88 Å². The molecule has 1 heterocycles. The minimum absolute atomic E-state index is 0.348. The summed E-state index contributed by atoms with van der Waals surface area (Å²) >= 11 is 1.49. The summed E-state index contributed by atoms with van der Waals surface area (Å²) in [6.45, 7) is 0. The number of fused-ring (bicyclic) bond motifs is 1. The van der Waals surface area contributed by atoms with Gasteiger partial charge in [-0.25, -0.2) is 0 Å². The van der Waals surface area contributed by atoms with Crippen molar-refractivity contribution in [3.63, 3.8) is 0 Å². The number of thiophene rings is 1. The molecular weight excluding hydrogens is 272 g/mol. The zero-order chi connectivity index (χ0) is 14.1. The summed E-state index contributed by atoms with van der Waals surface area (Å²) in [7, 11) is 0. The molecule has 2 aromatic rings. The van der Waals surface area contributed by atoms with Crippen LogP contribution < -0.4 is 0 Å². The second-order valence-corrected chi connectivity index (χ2v) is 5.44. The third-order valence-corrected chi connectivity index (χ3v) is 4.06. The number of benzene rings is 1. The van der Waals surface area contributed by atoms with Crippen molar-refractivity contribution in [2.75, 3.05) is 0 Å². The van der Waals surface area contributed by atoms with Crippen LogP contribution in [0.4, 0.5) is 0 Å². The first-order valence-corrected chi connectivity index (χ1v) is 6.99. The first-order valence-electron chi connectivity index (χ1n) is 6.11. The number of allylic oxidation sites excluding steroid dienone is 1. The van der Waals surface area contributed by atoms with Gasteiger partial charge in [-0.2, -0.15) is 0 Å². The molecule has 4 heteroatoms. The van der Waals surface area contributed by atoms with Crippen LogP contribution in [-0.4, -0.2) is 17.3 Å². The Kier molecular flexibility index (Phi) is 3.16. The topological polar surface area (TPSA) is 51.2 Å². The lowest BCUT2D eigenvalue weighted by Crippen LogP contribution is -2.23. The molecule has 1 aliphatic rings. The number of carbonyl (C=O) groups is 3. The number of hydrogen-bond acceptors (Lipinski definition) is 4. The van der Waals surface area contributed by atoms with Crippen molar-refractivity contribution in [1.82, 2.24) is 0 Å².